The summed E-state index contributed by atoms with van der Waals surface area (Å²) in [5, 5.41) is 0. The maximum absolute atomic E-state index is 12.9. The predicted molar refractivity (Wildman–Crippen MR) is 98.6 cm³/mol. The molecular formula is C18H28ClN3O2. The highest BCUT2D eigenvalue weighted by Crippen LogP contribution is 2.22. The van der Waals surface area contributed by atoms with E-state index in [0.29, 0.717) is 17.7 Å². The second kappa shape index (κ2) is 9.04. The van der Waals surface area contributed by atoms with Crippen molar-refractivity contribution in [3.63, 3.8) is 0 Å². The Bertz CT molecular complexity index is 577. The van der Waals surface area contributed by atoms with E-state index in [1.54, 1.807) is 36.2 Å². The highest BCUT2D eigenvalue weighted by atomic mass is 35.5. The summed E-state index contributed by atoms with van der Waals surface area (Å²) in [5.41, 5.74) is 7.17. The molecule has 1 aliphatic rings. The van der Waals surface area contributed by atoms with E-state index in [2.05, 4.69) is 0 Å². The Morgan fingerprint density at radius 3 is 2.62 bits per heavy atom. The van der Waals surface area contributed by atoms with Gasteiger partial charge in [-0.1, -0.05) is 6.07 Å². The monoisotopic (exact) mass is 353 g/mol. The van der Waals surface area contributed by atoms with Gasteiger partial charge in [0.05, 0.1) is 0 Å². The highest BCUT2D eigenvalue weighted by Gasteiger charge is 2.30. The van der Waals surface area contributed by atoms with E-state index in [1.807, 2.05) is 18.7 Å². The van der Waals surface area contributed by atoms with Crippen LogP contribution in [0.3, 0.4) is 0 Å². The number of carbonyl (C=O) groups is 2. The standard InChI is InChI=1S/C18H27N3O2.ClH/c1-4-20(3)17(22)14-8-7-9-15(12-14)18(23)21-11-6-5-10-16(21)13(2)19;/h7-9,12-13,16H,4-6,10-11,19H2,1-3H3;1H. The maximum Gasteiger partial charge on any atom is 0.254 e. The number of benzene rings is 1. The smallest absolute Gasteiger partial charge is 0.254 e. The Labute approximate surface area is 150 Å². The molecule has 0 bridgehead atoms. The molecule has 1 aliphatic heterocycles. The van der Waals surface area contributed by atoms with Crippen LogP contribution < -0.4 is 5.73 Å². The molecule has 1 aromatic carbocycles. The van der Waals surface area contributed by atoms with Crippen molar-refractivity contribution in [3.8, 4) is 0 Å². The van der Waals surface area contributed by atoms with E-state index >= 15 is 0 Å². The summed E-state index contributed by atoms with van der Waals surface area (Å²) in [6.45, 7) is 5.24. The normalized spacial score (nSPS) is 18.5. The first-order valence-corrected chi connectivity index (χ1v) is 8.37. The van der Waals surface area contributed by atoms with Crippen molar-refractivity contribution < 1.29 is 9.59 Å². The molecule has 0 spiro atoms. The summed E-state index contributed by atoms with van der Waals surface area (Å²) in [5.74, 6) is -0.0923. The molecule has 2 rings (SSSR count). The fourth-order valence-electron chi connectivity index (χ4n) is 3.07. The van der Waals surface area contributed by atoms with Crippen LogP contribution >= 0.6 is 12.4 Å². The topological polar surface area (TPSA) is 66.6 Å². The van der Waals surface area contributed by atoms with Gasteiger partial charge < -0.3 is 15.5 Å². The minimum atomic E-state index is -0.0652. The van der Waals surface area contributed by atoms with Gasteiger partial charge in [-0.15, -0.1) is 12.4 Å². The number of carbonyl (C=O) groups excluding carboxylic acids is 2. The minimum absolute atomic E-state index is 0. The molecular weight excluding hydrogens is 326 g/mol. The van der Waals surface area contributed by atoms with Crippen LogP contribution in [0, 0.1) is 0 Å². The minimum Gasteiger partial charge on any atom is -0.342 e. The summed E-state index contributed by atoms with van der Waals surface area (Å²) in [7, 11) is 1.76. The van der Waals surface area contributed by atoms with Gasteiger partial charge in [0.25, 0.3) is 11.8 Å². The second-order valence-corrected chi connectivity index (χ2v) is 6.32. The number of hydrogen-bond acceptors (Lipinski definition) is 3. The Kier molecular flexibility index (Phi) is 7.70. The molecule has 1 saturated heterocycles. The van der Waals surface area contributed by atoms with Crippen molar-refractivity contribution in [2.24, 2.45) is 5.73 Å². The van der Waals surface area contributed by atoms with E-state index in [0.717, 1.165) is 25.8 Å². The lowest BCUT2D eigenvalue weighted by molar-refractivity contribution is 0.0584. The molecule has 2 amide bonds. The number of nitrogens with zero attached hydrogens (tertiary/aromatic N) is 2. The molecule has 2 unspecified atom stereocenters. The van der Waals surface area contributed by atoms with Crippen LogP contribution in [0.15, 0.2) is 24.3 Å². The molecule has 6 heteroatoms. The molecule has 1 heterocycles. The largest absolute Gasteiger partial charge is 0.342 e. The summed E-state index contributed by atoms with van der Waals surface area (Å²) in [4.78, 5) is 28.7. The zero-order chi connectivity index (χ0) is 17.0. The van der Waals surface area contributed by atoms with Gasteiger partial charge in [-0.05, 0) is 51.3 Å². The number of likely N-dealkylation sites (tertiary alicyclic amines) is 1. The molecule has 134 valence electrons. The Balaban J connectivity index is 0.00000288. The van der Waals surface area contributed by atoms with Crippen LogP contribution in [0.2, 0.25) is 0 Å². The van der Waals surface area contributed by atoms with Gasteiger partial charge >= 0.3 is 0 Å². The number of halogens is 1. The number of nitrogens with two attached hydrogens (primary N) is 1. The van der Waals surface area contributed by atoms with Gasteiger partial charge in [-0.25, -0.2) is 0 Å². The van der Waals surface area contributed by atoms with Crippen molar-refractivity contribution in [1.29, 1.82) is 0 Å². The molecule has 0 radical (unpaired) electrons. The van der Waals surface area contributed by atoms with Gasteiger partial charge in [0.15, 0.2) is 0 Å². The van der Waals surface area contributed by atoms with E-state index in [4.69, 9.17) is 5.73 Å². The van der Waals surface area contributed by atoms with Crippen LogP contribution in [0.1, 0.15) is 53.8 Å². The summed E-state index contributed by atoms with van der Waals surface area (Å²) in [6.07, 6.45) is 3.06. The average molecular weight is 354 g/mol. The number of amides is 2. The first kappa shape index (κ1) is 20.5. The lowest BCUT2D eigenvalue weighted by atomic mass is 9.95. The van der Waals surface area contributed by atoms with Gasteiger partial charge in [-0.3, -0.25) is 9.59 Å². The summed E-state index contributed by atoms with van der Waals surface area (Å²) >= 11 is 0. The van der Waals surface area contributed by atoms with E-state index < -0.39 is 0 Å². The molecule has 1 fully saturated rings. The fraction of sp³-hybridized carbons (Fsp3) is 0.556. The summed E-state index contributed by atoms with van der Waals surface area (Å²) in [6, 6.07) is 7.03. The van der Waals surface area contributed by atoms with Gasteiger partial charge in [0, 0.05) is 43.3 Å². The number of rotatable bonds is 4. The quantitative estimate of drug-likeness (QED) is 0.904. The first-order valence-electron chi connectivity index (χ1n) is 8.37. The predicted octanol–water partition coefficient (Wildman–Crippen LogP) is 2.54. The zero-order valence-corrected chi connectivity index (χ0v) is 15.5. The van der Waals surface area contributed by atoms with Crippen LogP contribution in [-0.2, 0) is 0 Å². The molecule has 1 aromatic rings. The molecule has 24 heavy (non-hydrogen) atoms. The van der Waals surface area contributed by atoms with Crippen molar-refractivity contribution >= 4 is 24.2 Å². The number of piperidine rings is 1. The maximum atomic E-state index is 12.9. The van der Waals surface area contributed by atoms with Crippen LogP contribution in [0.25, 0.3) is 0 Å². The molecule has 5 nitrogen and oxygen atoms in total. The van der Waals surface area contributed by atoms with Crippen LogP contribution in [0.4, 0.5) is 0 Å². The van der Waals surface area contributed by atoms with Crippen molar-refractivity contribution in [3.05, 3.63) is 35.4 Å². The fourth-order valence-corrected chi connectivity index (χ4v) is 3.07. The van der Waals surface area contributed by atoms with E-state index in [-0.39, 0.29) is 36.3 Å². The average Bonchev–Trinajstić information content (AvgIpc) is 2.59. The third-order valence-corrected chi connectivity index (χ3v) is 4.59. The molecule has 2 atom stereocenters. The van der Waals surface area contributed by atoms with Crippen LogP contribution in [0.5, 0.6) is 0 Å². The Morgan fingerprint density at radius 1 is 1.33 bits per heavy atom. The van der Waals surface area contributed by atoms with Gasteiger partial charge in [0.2, 0.25) is 0 Å². The van der Waals surface area contributed by atoms with Crippen molar-refractivity contribution in [1.82, 2.24) is 9.80 Å². The lowest BCUT2D eigenvalue weighted by Gasteiger charge is -2.38. The Hall–Kier alpha value is -1.59. The third kappa shape index (κ3) is 4.48. The Morgan fingerprint density at radius 2 is 2.00 bits per heavy atom. The molecule has 2 N–H and O–H groups in total. The molecule has 0 aromatic heterocycles. The molecule has 0 saturated carbocycles. The second-order valence-electron chi connectivity index (χ2n) is 6.32. The van der Waals surface area contributed by atoms with Gasteiger partial charge in [0.1, 0.15) is 0 Å². The van der Waals surface area contributed by atoms with E-state index in [1.165, 1.54) is 0 Å². The SMILES string of the molecule is CCN(C)C(=O)c1cccc(C(=O)N2CCCCC2C(C)N)c1.Cl. The zero-order valence-electron chi connectivity index (χ0n) is 14.7. The first-order chi connectivity index (χ1) is 11.0. The summed E-state index contributed by atoms with van der Waals surface area (Å²) < 4.78 is 0. The lowest BCUT2D eigenvalue weighted by Crippen LogP contribution is -2.51. The van der Waals surface area contributed by atoms with Crippen molar-refractivity contribution in [2.75, 3.05) is 20.1 Å². The van der Waals surface area contributed by atoms with Crippen molar-refractivity contribution in [2.45, 2.75) is 45.2 Å². The molecule has 0 aliphatic carbocycles. The highest BCUT2D eigenvalue weighted by molar-refractivity contribution is 5.99. The third-order valence-electron chi connectivity index (χ3n) is 4.59. The van der Waals surface area contributed by atoms with Crippen LogP contribution in [-0.4, -0.2) is 53.8 Å². The van der Waals surface area contributed by atoms with Gasteiger partial charge in [-0.2, -0.15) is 0 Å². The van der Waals surface area contributed by atoms with E-state index in [9.17, 15) is 9.59 Å². The number of hydrogen-bond donors (Lipinski definition) is 1.